The number of hydrogen-bond acceptors (Lipinski definition) is 5. The second-order valence-electron chi connectivity index (χ2n) is 7.36. The lowest BCUT2D eigenvalue weighted by molar-refractivity contribution is -0.121. The molecule has 3 heterocycles. The summed E-state index contributed by atoms with van der Waals surface area (Å²) in [5, 5.41) is 3.16. The Morgan fingerprint density at radius 3 is 2.79 bits per heavy atom. The number of benzene rings is 1. The summed E-state index contributed by atoms with van der Waals surface area (Å²) >= 11 is 0. The van der Waals surface area contributed by atoms with Gasteiger partial charge in [-0.15, -0.1) is 0 Å². The fourth-order valence-electron chi connectivity index (χ4n) is 3.64. The molecule has 1 saturated heterocycles. The second kappa shape index (κ2) is 7.84. The molecule has 1 aliphatic heterocycles. The second-order valence-corrected chi connectivity index (χ2v) is 7.36. The molecule has 0 aliphatic carbocycles. The van der Waals surface area contributed by atoms with Crippen LogP contribution in [0.1, 0.15) is 23.2 Å². The fraction of sp³-hybridized carbons (Fsp3) is 0.318. The number of hydrogen-bond donors (Lipinski definition) is 1. The van der Waals surface area contributed by atoms with Crippen LogP contribution in [0.15, 0.2) is 53.5 Å². The van der Waals surface area contributed by atoms with Crippen LogP contribution in [-0.4, -0.2) is 35.0 Å². The first-order chi connectivity index (χ1) is 13.6. The molecule has 4 rings (SSSR count). The smallest absolute Gasteiger partial charge is 0.224 e. The topological polar surface area (TPSA) is 71.3 Å². The molecule has 1 N–H and O–H groups in total. The lowest BCUT2D eigenvalue weighted by Gasteiger charge is -2.19. The van der Waals surface area contributed by atoms with Gasteiger partial charge in [0.15, 0.2) is 12.2 Å². The number of aryl methyl sites for hydroxylation is 2. The van der Waals surface area contributed by atoms with Crippen molar-refractivity contribution in [3.8, 4) is 11.3 Å². The van der Waals surface area contributed by atoms with Gasteiger partial charge in [-0.2, -0.15) is 0 Å². The molecule has 0 unspecified atom stereocenters. The molecule has 0 radical (unpaired) electrons. The van der Waals surface area contributed by atoms with Crippen LogP contribution >= 0.6 is 0 Å². The van der Waals surface area contributed by atoms with Crippen LogP contribution in [0.25, 0.3) is 11.3 Å². The van der Waals surface area contributed by atoms with Gasteiger partial charge in [0, 0.05) is 30.9 Å². The van der Waals surface area contributed by atoms with E-state index in [0.717, 1.165) is 53.3 Å². The van der Waals surface area contributed by atoms with Gasteiger partial charge in [-0.3, -0.25) is 9.78 Å². The summed E-state index contributed by atoms with van der Waals surface area (Å²) in [4.78, 5) is 23.1. The molecule has 0 saturated carbocycles. The maximum Gasteiger partial charge on any atom is 0.224 e. The van der Waals surface area contributed by atoms with E-state index in [0.29, 0.717) is 6.42 Å². The Morgan fingerprint density at radius 1 is 1.25 bits per heavy atom. The first kappa shape index (κ1) is 18.2. The number of amides is 1. The van der Waals surface area contributed by atoms with E-state index in [1.807, 2.05) is 50.5 Å². The molecule has 1 fully saturated rings. The van der Waals surface area contributed by atoms with Gasteiger partial charge >= 0.3 is 0 Å². The minimum Gasteiger partial charge on any atom is -0.443 e. The Bertz CT molecular complexity index is 965. The van der Waals surface area contributed by atoms with E-state index < -0.39 is 0 Å². The molecular weight excluding hydrogens is 352 g/mol. The van der Waals surface area contributed by atoms with Gasteiger partial charge < -0.3 is 14.6 Å². The zero-order chi connectivity index (χ0) is 19.5. The molecule has 0 bridgehead atoms. The van der Waals surface area contributed by atoms with Gasteiger partial charge in [0.1, 0.15) is 0 Å². The van der Waals surface area contributed by atoms with Crippen LogP contribution < -0.4 is 10.2 Å². The molecule has 3 aromatic rings. The van der Waals surface area contributed by atoms with Crippen molar-refractivity contribution in [2.75, 3.05) is 18.0 Å². The number of nitrogens with one attached hydrogen (secondary N) is 1. The number of nitrogens with zero attached hydrogens (tertiary/aromatic N) is 3. The summed E-state index contributed by atoms with van der Waals surface area (Å²) in [6.45, 7) is 5.71. The van der Waals surface area contributed by atoms with Crippen molar-refractivity contribution in [3.05, 3.63) is 65.9 Å². The van der Waals surface area contributed by atoms with Crippen LogP contribution in [0, 0.1) is 13.8 Å². The summed E-state index contributed by atoms with van der Waals surface area (Å²) < 4.78 is 5.41. The van der Waals surface area contributed by atoms with E-state index in [1.54, 1.807) is 0 Å². The largest absolute Gasteiger partial charge is 0.443 e. The molecule has 28 heavy (non-hydrogen) atoms. The SMILES string of the molecule is Cc1cncc(N2CC[C@@H](NC(=O)Cc3ccc(-c4ocnc4C)cc3)C2)c1. The number of oxazole rings is 1. The fourth-order valence-corrected chi connectivity index (χ4v) is 3.64. The molecule has 1 amide bonds. The van der Waals surface area contributed by atoms with Crippen molar-refractivity contribution in [1.82, 2.24) is 15.3 Å². The zero-order valence-corrected chi connectivity index (χ0v) is 16.2. The van der Waals surface area contributed by atoms with Crippen LogP contribution in [0.5, 0.6) is 0 Å². The number of anilines is 1. The van der Waals surface area contributed by atoms with Gasteiger partial charge in [0.05, 0.1) is 24.0 Å². The molecule has 6 heteroatoms. The highest BCUT2D eigenvalue weighted by Crippen LogP contribution is 2.23. The molecule has 0 spiro atoms. The third-order valence-electron chi connectivity index (χ3n) is 5.11. The minimum atomic E-state index is 0.0535. The maximum atomic E-state index is 12.5. The Morgan fingerprint density at radius 2 is 2.07 bits per heavy atom. The van der Waals surface area contributed by atoms with Crippen molar-refractivity contribution < 1.29 is 9.21 Å². The van der Waals surface area contributed by atoms with Crippen molar-refractivity contribution in [2.24, 2.45) is 0 Å². The van der Waals surface area contributed by atoms with Crippen LogP contribution in [-0.2, 0) is 11.2 Å². The number of aromatic nitrogens is 2. The predicted molar refractivity (Wildman–Crippen MR) is 108 cm³/mol. The average Bonchev–Trinajstić information content (AvgIpc) is 3.31. The normalized spacial score (nSPS) is 16.4. The number of carbonyl (C=O) groups excluding carboxylic acids is 1. The van der Waals surface area contributed by atoms with E-state index in [2.05, 4.69) is 26.3 Å². The van der Waals surface area contributed by atoms with E-state index in [-0.39, 0.29) is 11.9 Å². The van der Waals surface area contributed by atoms with Crippen molar-refractivity contribution in [3.63, 3.8) is 0 Å². The van der Waals surface area contributed by atoms with Crippen LogP contribution in [0.2, 0.25) is 0 Å². The molecule has 144 valence electrons. The van der Waals surface area contributed by atoms with E-state index >= 15 is 0 Å². The molecule has 1 aliphatic rings. The number of rotatable bonds is 5. The third-order valence-corrected chi connectivity index (χ3v) is 5.11. The zero-order valence-electron chi connectivity index (χ0n) is 16.2. The number of pyridine rings is 1. The van der Waals surface area contributed by atoms with Crippen molar-refractivity contribution >= 4 is 11.6 Å². The summed E-state index contributed by atoms with van der Waals surface area (Å²) in [6, 6.07) is 10.2. The summed E-state index contributed by atoms with van der Waals surface area (Å²) in [5.74, 6) is 0.825. The van der Waals surface area contributed by atoms with E-state index in [9.17, 15) is 4.79 Å². The average molecular weight is 376 g/mol. The Kier molecular flexibility index (Phi) is 5.10. The first-order valence-electron chi connectivity index (χ1n) is 9.54. The lowest BCUT2D eigenvalue weighted by atomic mass is 10.1. The van der Waals surface area contributed by atoms with Gasteiger partial charge in [-0.05, 0) is 37.5 Å². The monoisotopic (exact) mass is 376 g/mol. The Balaban J connectivity index is 1.32. The first-order valence-corrected chi connectivity index (χ1v) is 9.54. The highest BCUT2D eigenvalue weighted by atomic mass is 16.3. The molecule has 1 atom stereocenters. The molecule has 2 aromatic heterocycles. The van der Waals surface area contributed by atoms with Crippen LogP contribution in [0.3, 0.4) is 0 Å². The Hall–Kier alpha value is -3.15. The third kappa shape index (κ3) is 4.06. The van der Waals surface area contributed by atoms with Crippen molar-refractivity contribution in [1.29, 1.82) is 0 Å². The van der Waals surface area contributed by atoms with Crippen molar-refractivity contribution in [2.45, 2.75) is 32.7 Å². The van der Waals surface area contributed by atoms with E-state index in [1.165, 1.54) is 6.39 Å². The summed E-state index contributed by atoms with van der Waals surface area (Å²) in [7, 11) is 0. The quantitative estimate of drug-likeness (QED) is 0.740. The molecular formula is C22H24N4O2. The highest BCUT2D eigenvalue weighted by Gasteiger charge is 2.24. The maximum absolute atomic E-state index is 12.5. The predicted octanol–water partition coefficient (Wildman–Crippen LogP) is 3.29. The van der Waals surface area contributed by atoms with Gasteiger partial charge in [-0.25, -0.2) is 4.98 Å². The standard InChI is InChI=1S/C22H24N4O2/c1-15-9-20(12-23-11-15)26-8-7-19(13-26)25-21(27)10-17-3-5-18(6-4-17)22-16(2)24-14-28-22/h3-6,9,11-12,14,19H,7-8,10,13H2,1-2H3,(H,25,27)/t19-/m1/s1. The van der Waals surface area contributed by atoms with Gasteiger partial charge in [0.2, 0.25) is 5.91 Å². The summed E-state index contributed by atoms with van der Waals surface area (Å²) in [6.07, 6.45) is 6.51. The number of carbonyl (C=O) groups is 1. The minimum absolute atomic E-state index is 0.0535. The molecule has 6 nitrogen and oxygen atoms in total. The Labute approximate surface area is 164 Å². The summed E-state index contributed by atoms with van der Waals surface area (Å²) in [5.41, 5.74) is 5.08. The highest BCUT2D eigenvalue weighted by molar-refractivity contribution is 5.79. The van der Waals surface area contributed by atoms with Crippen LogP contribution in [0.4, 0.5) is 5.69 Å². The van der Waals surface area contributed by atoms with E-state index in [4.69, 9.17) is 4.42 Å². The molecule has 1 aromatic carbocycles. The van der Waals surface area contributed by atoms with Gasteiger partial charge in [-0.1, -0.05) is 24.3 Å². The lowest BCUT2D eigenvalue weighted by Crippen LogP contribution is -2.38. The van der Waals surface area contributed by atoms with Gasteiger partial charge in [0.25, 0.3) is 0 Å².